The fraction of sp³-hybridized carbons (Fsp3) is 0.417. The van der Waals surface area contributed by atoms with Crippen molar-refractivity contribution in [3.63, 3.8) is 0 Å². The largest absolute Gasteiger partial charge is 0.459 e. The number of piperidine rings is 1. The van der Waals surface area contributed by atoms with E-state index in [0.717, 1.165) is 31.5 Å². The zero-order chi connectivity index (χ0) is 23.4. The number of aromatic amines is 1. The molecule has 0 atom stereocenters. The second kappa shape index (κ2) is 10.4. The Labute approximate surface area is 195 Å². The van der Waals surface area contributed by atoms with Crippen molar-refractivity contribution in [2.45, 2.75) is 26.3 Å². The van der Waals surface area contributed by atoms with Crippen LogP contribution in [-0.2, 0) is 16.0 Å². The van der Waals surface area contributed by atoms with Crippen LogP contribution in [0, 0.1) is 12.8 Å². The lowest BCUT2D eigenvalue weighted by Gasteiger charge is -2.30. The zero-order valence-electron chi connectivity index (χ0n) is 18.8. The molecule has 33 heavy (non-hydrogen) atoms. The summed E-state index contributed by atoms with van der Waals surface area (Å²) in [6.07, 6.45) is 1.55. The lowest BCUT2D eigenvalue weighted by Crippen LogP contribution is -2.36. The third kappa shape index (κ3) is 5.21. The van der Waals surface area contributed by atoms with Crippen molar-refractivity contribution in [1.29, 1.82) is 0 Å². The number of ketones is 1. The van der Waals surface area contributed by atoms with E-state index < -0.39 is 5.97 Å². The quantitative estimate of drug-likeness (QED) is 0.307. The van der Waals surface area contributed by atoms with Crippen molar-refractivity contribution in [2.24, 2.45) is 5.92 Å². The summed E-state index contributed by atoms with van der Waals surface area (Å²) in [7, 11) is 1.53. The fourth-order valence-corrected chi connectivity index (χ4v) is 5.24. The van der Waals surface area contributed by atoms with Crippen molar-refractivity contribution in [2.75, 3.05) is 33.4 Å². The standard InChI is InChI=1S/C24H27N3O5S/c1-15-19-22(29)25-18(26-23(19)33-21(15)24(30)32-13-12-31-2)14-27-10-8-17(9-11-27)20(28)16-6-4-3-5-7-16/h3-7,17H,8-14H2,1-2H3,(H,25,26,29). The normalized spacial score (nSPS) is 15.1. The van der Waals surface area contributed by atoms with Gasteiger partial charge in [0.05, 0.1) is 18.5 Å². The number of thiophene rings is 1. The molecule has 1 fully saturated rings. The Kier molecular flexibility index (Phi) is 7.32. The number of Topliss-reactive ketones (excluding diaryl/α,β-unsaturated/α-hetero) is 1. The molecular weight excluding hydrogens is 442 g/mol. The number of benzene rings is 1. The van der Waals surface area contributed by atoms with Gasteiger partial charge in [0.2, 0.25) is 0 Å². The smallest absolute Gasteiger partial charge is 0.348 e. The maximum atomic E-state index is 12.7. The number of aryl methyl sites for hydroxylation is 1. The molecule has 0 saturated carbocycles. The number of esters is 1. The Morgan fingerprint density at radius 3 is 2.61 bits per heavy atom. The fourth-order valence-electron chi connectivity index (χ4n) is 4.14. The highest BCUT2D eigenvalue weighted by Gasteiger charge is 2.26. The summed E-state index contributed by atoms with van der Waals surface area (Å²) in [5, 5.41) is 0.426. The molecule has 174 valence electrons. The first-order valence-electron chi connectivity index (χ1n) is 11.0. The van der Waals surface area contributed by atoms with Crippen LogP contribution in [-0.4, -0.2) is 60.0 Å². The van der Waals surface area contributed by atoms with Crippen LogP contribution in [0.3, 0.4) is 0 Å². The Morgan fingerprint density at radius 1 is 1.18 bits per heavy atom. The van der Waals surface area contributed by atoms with Crippen LogP contribution in [0.1, 0.15) is 44.3 Å². The number of carbonyl (C=O) groups excluding carboxylic acids is 2. The first-order valence-corrected chi connectivity index (χ1v) is 11.8. The van der Waals surface area contributed by atoms with Crippen LogP contribution in [0.25, 0.3) is 10.2 Å². The average Bonchev–Trinajstić information content (AvgIpc) is 3.16. The zero-order valence-corrected chi connectivity index (χ0v) is 19.6. The van der Waals surface area contributed by atoms with Gasteiger partial charge in [-0.05, 0) is 38.4 Å². The monoisotopic (exact) mass is 469 g/mol. The van der Waals surface area contributed by atoms with Crippen LogP contribution in [0.15, 0.2) is 35.1 Å². The minimum absolute atomic E-state index is 0.0183. The maximum absolute atomic E-state index is 12.7. The van der Waals surface area contributed by atoms with Crippen LogP contribution >= 0.6 is 11.3 Å². The highest BCUT2D eigenvalue weighted by molar-refractivity contribution is 7.20. The van der Waals surface area contributed by atoms with Gasteiger partial charge in [0.25, 0.3) is 5.56 Å². The summed E-state index contributed by atoms with van der Waals surface area (Å²) < 4.78 is 10.1. The van der Waals surface area contributed by atoms with E-state index in [1.807, 2.05) is 30.3 Å². The average molecular weight is 470 g/mol. The van der Waals surface area contributed by atoms with Gasteiger partial charge in [0.1, 0.15) is 22.1 Å². The molecule has 3 heterocycles. The van der Waals surface area contributed by atoms with E-state index in [0.29, 0.717) is 39.6 Å². The molecule has 0 unspecified atom stereocenters. The van der Waals surface area contributed by atoms with Crippen LogP contribution in [0.4, 0.5) is 0 Å². The molecule has 1 aromatic carbocycles. The number of fused-ring (bicyclic) bond motifs is 1. The van der Waals surface area contributed by atoms with E-state index in [1.54, 1.807) is 6.92 Å². The number of likely N-dealkylation sites (tertiary alicyclic amines) is 1. The molecule has 0 radical (unpaired) electrons. The van der Waals surface area contributed by atoms with E-state index in [2.05, 4.69) is 14.9 Å². The SMILES string of the molecule is COCCOC(=O)c1sc2nc(CN3CCC(C(=O)c4ccccc4)CC3)[nH]c(=O)c2c1C. The van der Waals surface area contributed by atoms with Gasteiger partial charge in [-0.1, -0.05) is 30.3 Å². The number of nitrogens with zero attached hydrogens (tertiary/aromatic N) is 2. The number of hydrogen-bond acceptors (Lipinski definition) is 8. The Hall–Kier alpha value is -2.88. The number of H-pyrrole nitrogens is 1. The molecule has 0 spiro atoms. The number of ether oxygens (including phenoxy) is 2. The van der Waals surface area contributed by atoms with Gasteiger partial charge in [0, 0.05) is 18.6 Å². The van der Waals surface area contributed by atoms with Crippen molar-refractivity contribution < 1.29 is 19.1 Å². The summed E-state index contributed by atoms with van der Waals surface area (Å²) in [5.74, 6) is 0.298. The Bertz CT molecular complexity index is 1200. The maximum Gasteiger partial charge on any atom is 0.348 e. The molecular formula is C24H27N3O5S. The molecule has 9 heteroatoms. The van der Waals surface area contributed by atoms with Crippen molar-refractivity contribution in [1.82, 2.24) is 14.9 Å². The molecule has 0 amide bonds. The third-order valence-corrected chi connectivity index (χ3v) is 7.11. The van der Waals surface area contributed by atoms with Gasteiger partial charge in [-0.25, -0.2) is 9.78 Å². The molecule has 1 saturated heterocycles. The van der Waals surface area contributed by atoms with Gasteiger partial charge in [0.15, 0.2) is 5.78 Å². The molecule has 4 rings (SSSR count). The number of hydrogen-bond donors (Lipinski definition) is 1. The lowest BCUT2D eigenvalue weighted by molar-refractivity contribution is 0.0393. The predicted octanol–water partition coefficient (Wildman–Crippen LogP) is 3.19. The number of nitrogens with one attached hydrogen (secondary N) is 1. The Morgan fingerprint density at radius 2 is 1.91 bits per heavy atom. The molecule has 8 nitrogen and oxygen atoms in total. The number of rotatable bonds is 8. The highest BCUT2D eigenvalue weighted by Crippen LogP contribution is 2.28. The third-order valence-electron chi connectivity index (χ3n) is 5.95. The van der Waals surface area contributed by atoms with Gasteiger partial charge in [-0.3, -0.25) is 14.5 Å². The van der Waals surface area contributed by atoms with E-state index in [-0.39, 0.29) is 23.9 Å². The molecule has 2 aromatic heterocycles. The summed E-state index contributed by atoms with van der Waals surface area (Å²) in [4.78, 5) is 48.4. The topological polar surface area (TPSA) is 102 Å². The van der Waals surface area contributed by atoms with E-state index in [4.69, 9.17) is 9.47 Å². The molecule has 0 bridgehead atoms. The Balaban J connectivity index is 1.43. The summed E-state index contributed by atoms with van der Waals surface area (Å²) in [5.41, 5.74) is 1.09. The minimum atomic E-state index is -0.473. The molecule has 0 aliphatic carbocycles. The molecule has 1 aliphatic heterocycles. The van der Waals surface area contributed by atoms with Crippen molar-refractivity contribution >= 4 is 33.3 Å². The predicted molar refractivity (Wildman–Crippen MR) is 126 cm³/mol. The minimum Gasteiger partial charge on any atom is -0.459 e. The first-order chi connectivity index (χ1) is 16.0. The second-order valence-corrected chi connectivity index (χ2v) is 9.16. The summed E-state index contributed by atoms with van der Waals surface area (Å²) in [6, 6.07) is 9.41. The number of methoxy groups -OCH3 is 1. The van der Waals surface area contributed by atoms with Gasteiger partial charge in [-0.15, -0.1) is 11.3 Å². The molecule has 1 N–H and O–H groups in total. The van der Waals surface area contributed by atoms with Gasteiger partial charge < -0.3 is 14.5 Å². The van der Waals surface area contributed by atoms with Crippen LogP contribution < -0.4 is 5.56 Å². The number of carbonyl (C=O) groups is 2. The van der Waals surface area contributed by atoms with Gasteiger partial charge >= 0.3 is 5.97 Å². The lowest BCUT2D eigenvalue weighted by atomic mass is 9.89. The highest BCUT2D eigenvalue weighted by atomic mass is 32.1. The van der Waals surface area contributed by atoms with Crippen LogP contribution in [0.2, 0.25) is 0 Å². The van der Waals surface area contributed by atoms with Gasteiger partial charge in [-0.2, -0.15) is 0 Å². The first kappa shape index (κ1) is 23.3. The summed E-state index contributed by atoms with van der Waals surface area (Å²) in [6.45, 7) is 4.20. The van der Waals surface area contributed by atoms with E-state index >= 15 is 0 Å². The van der Waals surface area contributed by atoms with E-state index in [1.165, 1.54) is 18.4 Å². The van der Waals surface area contributed by atoms with Crippen molar-refractivity contribution in [3.8, 4) is 0 Å². The summed E-state index contributed by atoms with van der Waals surface area (Å²) >= 11 is 1.17. The molecule has 3 aromatic rings. The number of aromatic nitrogens is 2. The van der Waals surface area contributed by atoms with Crippen molar-refractivity contribution in [3.05, 3.63) is 62.5 Å². The van der Waals surface area contributed by atoms with E-state index in [9.17, 15) is 14.4 Å². The second-order valence-electron chi connectivity index (χ2n) is 8.16. The van der Waals surface area contributed by atoms with Crippen LogP contribution in [0.5, 0.6) is 0 Å². The molecule has 1 aliphatic rings.